The molecule has 0 unspecified atom stereocenters. The van der Waals surface area contributed by atoms with Crippen molar-refractivity contribution < 1.29 is 34.0 Å². The maximum Gasteiger partial charge on any atom is 0.407 e. The molecule has 52 heavy (non-hydrogen) atoms. The van der Waals surface area contributed by atoms with E-state index in [0.717, 1.165) is 44.1 Å². The van der Waals surface area contributed by atoms with Crippen molar-refractivity contribution >= 4 is 12.0 Å². The number of carbonyl (C=O) groups is 2. The van der Waals surface area contributed by atoms with Crippen LogP contribution in [0.5, 0.6) is 0 Å². The van der Waals surface area contributed by atoms with Crippen molar-refractivity contribution in [3.63, 3.8) is 0 Å². The third-order valence-electron chi connectivity index (χ3n) is 10.2. The first-order valence-electron chi connectivity index (χ1n) is 20.3. The summed E-state index contributed by atoms with van der Waals surface area (Å²) < 4.78 is 16.9. The summed E-state index contributed by atoms with van der Waals surface area (Å²) in [6.07, 6.45) is 16.7. The summed E-state index contributed by atoms with van der Waals surface area (Å²) in [7, 11) is 1.42. The molecule has 0 aromatic heterocycles. The average Bonchev–Trinajstić information content (AvgIpc) is 3.17. The number of aryl methyl sites for hydroxylation is 1. The van der Waals surface area contributed by atoms with E-state index in [1.807, 2.05) is 48.5 Å². The van der Waals surface area contributed by atoms with Crippen LogP contribution in [0.3, 0.4) is 0 Å². The second-order valence-corrected chi connectivity index (χ2v) is 14.5. The van der Waals surface area contributed by atoms with E-state index >= 15 is 0 Å². The van der Waals surface area contributed by atoms with E-state index in [-0.39, 0.29) is 19.1 Å². The predicted molar refractivity (Wildman–Crippen MR) is 207 cm³/mol. The lowest BCUT2D eigenvalue weighted by atomic mass is 9.96. The largest absolute Gasteiger partial charge is 0.445 e. The molecule has 5 atom stereocenters. The number of nitrogens with zero attached hydrogens (tertiary/aromatic N) is 1. The Morgan fingerprint density at radius 2 is 1.25 bits per heavy atom. The first kappa shape index (κ1) is 43.4. The Kier molecular flexibility index (Phi) is 22.3. The molecule has 0 bridgehead atoms. The highest BCUT2D eigenvalue weighted by Gasteiger charge is 2.46. The van der Waals surface area contributed by atoms with Crippen molar-refractivity contribution in [2.24, 2.45) is 0 Å². The summed E-state index contributed by atoms with van der Waals surface area (Å²) in [6, 6.07) is 18.5. The highest BCUT2D eigenvalue weighted by atomic mass is 16.7. The molecule has 1 heterocycles. The number of hydrogen-bond acceptors (Lipinski definition) is 7. The molecule has 0 radical (unpaired) electrons. The minimum Gasteiger partial charge on any atom is -0.445 e. The predicted octanol–water partition coefficient (Wildman–Crippen LogP) is 8.49. The second-order valence-electron chi connectivity index (χ2n) is 14.5. The number of unbranched alkanes of at least 4 members (excludes halogenated alkanes) is 15. The van der Waals surface area contributed by atoms with Gasteiger partial charge in [-0.05, 0) is 36.8 Å². The molecule has 2 aromatic rings. The van der Waals surface area contributed by atoms with Gasteiger partial charge >= 0.3 is 6.09 Å². The number of nitrogens with one attached hydrogen (secondary N) is 1. The van der Waals surface area contributed by atoms with Crippen LogP contribution in [0, 0.1) is 0 Å². The fourth-order valence-corrected chi connectivity index (χ4v) is 6.96. The molecule has 0 saturated carbocycles. The standard InChI is InChI=1S/C43H68N2O7/c1-3-4-5-6-7-8-9-10-11-12-13-14-15-16-23-31-38(46)45(32-25-24-28-35-26-19-17-20-27-35)33-37-40(47)41(48)39(42(50-2)52-37)44-43(49)51-34-36-29-21-18-22-30-36/h17-22,26-27,29-30,37,39-42,47-48H,3-16,23-25,28,31-34H2,1-2H3,(H,44,49)/t37-,39-,40-,41-,42+/m1/s1. The summed E-state index contributed by atoms with van der Waals surface area (Å²) in [4.78, 5) is 27.9. The maximum atomic E-state index is 13.6. The van der Waals surface area contributed by atoms with Crippen LogP contribution >= 0.6 is 0 Å². The summed E-state index contributed by atoms with van der Waals surface area (Å²) in [5, 5.41) is 24.8. The molecule has 1 saturated heterocycles. The lowest BCUT2D eigenvalue weighted by molar-refractivity contribution is -0.258. The number of alkyl carbamates (subject to hydrolysis) is 1. The van der Waals surface area contributed by atoms with E-state index in [0.29, 0.717) is 13.0 Å². The first-order valence-corrected chi connectivity index (χ1v) is 20.3. The van der Waals surface area contributed by atoms with E-state index in [1.54, 1.807) is 4.90 Å². The highest BCUT2D eigenvalue weighted by molar-refractivity contribution is 5.76. The third kappa shape index (κ3) is 17.2. The van der Waals surface area contributed by atoms with Crippen molar-refractivity contribution in [2.75, 3.05) is 20.2 Å². The molecule has 0 spiro atoms. The minimum absolute atomic E-state index is 0.0263. The molecule has 1 fully saturated rings. The van der Waals surface area contributed by atoms with Crippen molar-refractivity contribution in [2.45, 2.75) is 166 Å². The van der Waals surface area contributed by atoms with Crippen LogP contribution in [0.4, 0.5) is 4.79 Å². The Bertz CT molecular complexity index is 1200. The van der Waals surface area contributed by atoms with Crippen LogP contribution in [-0.4, -0.2) is 78.0 Å². The zero-order valence-corrected chi connectivity index (χ0v) is 32.1. The molecule has 2 amide bonds. The van der Waals surface area contributed by atoms with Gasteiger partial charge in [0.05, 0.1) is 0 Å². The van der Waals surface area contributed by atoms with Gasteiger partial charge in [-0.2, -0.15) is 0 Å². The topological polar surface area (TPSA) is 118 Å². The number of carbonyl (C=O) groups excluding carboxylic acids is 2. The molecule has 1 aliphatic rings. The van der Waals surface area contributed by atoms with Crippen molar-refractivity contribution in [1.29, 1.82) is 0 Å². The van der Waals surface area contributed by atoms with Gasteiger partial charge in [-0.25, -0.2) is 4.79 Å². The van der Waals surface area contributed by atoms with Crippen LogP contribution in [0.2, 0.25) is 0 Å². The number of aliphatic hydroxyl groups is 2. The van der Waals surface area contributed by atoms with Gasteiger partial charge < -0.3 is 34.6 Å². The molecule has 9 nitrogen and oxygen atoms in total. The van der Waals surface area contributed by atoms with Crippen molar-refractivity contribution in [1.82, 2.24) is 10.2 Å². The Hall–Kier alpha value is -2.98. The lowest BCUT2D eigenvalue weighted by Gasteiger charge is -2.43. The van der Waals surface area contributed by atoms with Crippen LogP contribution in [0.1, 0.15) is 134 Å². The molecule has 292 valence electrons. The first-order chi connectivity index (χ1) is 25.4. The van der Waals surface area contributed by atoms with Crippen molar-refractivity contribution in [3.8, 4) is 0 Å². The summed E-state index contributed by atoms with van der Waals surface area (Å²) in [5.74, 6) is 0.0263. The number of hydrogen-bond donors (Lipinski definition) is 3. The van der Waals surface area contributed by atoms with E-state index in [2.05, 4.69) is 24.4 Å². The average molecular weight is 725 g/mol. The maximum absolute atomic E-state index is 13.6. The Balaban J connectivity index is 1.43. The zero-order chi connectivity index (χ0) is 37.2. The molecule has 3 N–H and O–H groups in total. The Morgan fingerprint density at radius 3 is 1.81 bits per heavy atom. The SMILES string of the molecule is CCCCCCCCCCCCCCCCCC(=O)N(CCCCc1ccccc1)C[C@H]1O[C@H](OC)[C@H](NC(=O)OCc2ccccc2)[C@@H](O)[C@@H]1O. The number of amides is 2. The number of ether oxygens (including phenoxy) is 3. The monoisotopic (exact) mass is 725 g/mol. The van der Waals surface area contributed by atoms with Crippen LogP contribution < -0.4 is 5.32 Å². The Morgan fingerprint density at radius 1 is 0.712 bits per heavy atom. The zero-order valence-electron chi connectivity index (χ0n) is 32.1. The van der Waals surface area contributed by atoms with Gasteiger partial charge in [0.25, 0.3) is 0 Å². The fourth-order valence-electron chi connectivity index (χ4n) is 6.96. The summed E-state index contributed by atoms with van der Waals surface area (Å²) >= 11 is 0. The smallest absolute Gasteiger partial charge is 0.407 e. The number of benzene rings is 2. The Labute approximate surface area is 313 Å². The quantitative estimate of drug-likeness (QED) is 0.0792. The van der Waals surface area contributed by atoms with Gasteiger partial charge in [-0.1, -0.05) is 157 Å². The van der Waals surface area contributed by atoms with E-state index in [4.69, 9.17) is 14.2 Å². The van der Waals surface area contributed by atoms with E-state index < -0.39 is 36.7 Å². The second kappa shape index (κ2) is 26.7. The van der Waals surface area contributed by atoms with Gasteiger partial charge in [0.2, 0.25) is 5.91 Å². The number of rotatable bonds is 27. The molecule has 0 aliphatic carbocycles. The van der Waals surface area contributed by atoms with Gasteiger partial charge in [-0.15, -0.1) is 0 Å². The molecular formula is C43H68N2O7. The molecule has 1 aliphatic heterocycles. The molecule has 3 rings (SSSR count). The van der Waals surface area contributed by atoms with E-state index in [1.165, 1.54) is 89.7 Å². The van der Waals surface area contributed by atoms with Crippen molar-refractivity contribution in [3.05, 3.63) is 71.8 Å². The van der Waals surface area contributed by atoms with Crippen LogP contribution in [0.25, 0.3) is 0 Å². The molecule has 2 aromatic carbocycles. The minimum atomic E-state index is -1.39. The summed E-state index contributed by atoms with van der Waals surface area (Å²) in [5.41, 5.74) is 2.08. The van der Waals surface area contributed by atoms with Gasteiger partial charge in [0.1, 0.15) is 31.0 Å². The number of aliphatic hydroxyl groups excluding tert-OH is 2. The van der Waals surface area contributed by atoms with Gasteiger partial charge in [-0.3, -0.25) is 4.79 Å². The van der Waals surface area contributed by atoms with Crippen LogP contribution in [0.15, 0.2) is 60.7 Å². The van der Waals surface area contributed by atoms with Crippen LogP contribution in [-0.2, 0) is 32.0 Å². The lowest BCUT2D eigenvalue weighted by Crippen LogP contribution is -2.65. The third-order valence-corrected chi connectivity index (χ3v) is 10.2. The summed E-state index contributed by atoms with van der Waals surface area (Å²) in [6.45, 7) is 2.96. The van der Waals surface area contributed by atoms with Gasteiger partial charge in [0, 0.05) is 26.6 Å². The highest BCUT2D eigenvalue weighted by Crippen LogP contribution is 2.24. The normalized spacial score (nSPS) is 20.0. The van der Waals surface area contributed by atoms with Gasteiger partial charge in [0.15, 0.2) is 6.29 Å². The van der Waals surface area contributed by atoms with E-state index in [9.17, 15) is 19.8 Å². The number of methoxy groups -OCH3 is 1. The fraction of sp³-hybridized carbons (Fsp3) is 0.674. The molecule has 9 heteroatoms. The molecular weight excluding hydrogens is 656 g/mol.